The maximum absolute atomic E-state index is 12.8. The van der Waals surface area contributed by atoms with Crippen LogP contribution in [0.5, 0.6) is 0 Å². The second kappa shape index (κ2) is 7.33. The van der Waals surface area contributed by atoms with E-state index in [0.717, 1.165) is 9.79 Å². The Morgan fingerprint density at radius 2 is 1.76 bits per heavy atom. The Bertz CT molecular complexity index is 967. The highest BCUT2D eigenvalue weighted by atomic mass is 32.2. The van der Waals surface area contributed by atoms with E-state index in [-0.39, 0.29) is 4.90 Å². The van der Waals surface area contributed by atoms with Gasteiger partial charge in [-0.1, -0.05) is 42.1 Å². The first-order valence-electron chi connectivity index (χ1n) is 7.88. The average Bonchev–Trinajstić information content (AvgIpc) is 2.99. The van der Waals surface area contributed by atoms with Crippen molar-refractivity contribution in [1.82, 2.24) is 9.78 Å². The Labute approximate surface area is 152 Å². The molecule has 7 heteroatoms. The maximum atomic E-state index is 12.8. The van der Waals surface area contributed by atoms with Crippen LogP contribution in [-0.4, -0.2) is 18.2 Å². The highest BCUT2D eigenvalue weighted by molar-refractivity contribution is 7.99. The van der Waals surface area contributed by atoms with Crippen molar-refractivity contribution in [3.8, 4) is 0 Å². The molecule has 0 aliphatic rings. The van der Waals surface area contributed by atoms with Gasteiger partial charge < -0.3 is 0 Å². The molecule has 0 radical (unpaired) electrons. The molecule has 0 saturated heterocycles. The first-order chi connectivity index (χ1) is 12.0. The van der Waals surface area contributed by atoms with E-state index in [2.05, 4.69) is 9.82 Å². The second-order valence-electron chi connectivity index (χ2n) is 5.43. The molecule has 0 amide bonds. The van der Waals surface area contributed by atoms with E-state index in [1.54, 1.807) is 17.7 Å². The summed E-state index contributed by atoms with van der Waals surface area (Å²) in [5.41, 5.74) is 1.18. The van der Waals surface area contributed by atoms with Crippen LogP contribution in [0.3, 0.4) is 0 Å². The summed E-state index contributed by atoms with van der Waals surface area (Å²) < 4.78 is 29.9. The van der Waals surface area contributed by atoms with Crippen molar-refractivity contribution in [1.29, 1.82) is 0 Å². The Balaban J connectivity index is 1.91. The molecular weight excluding hydrogens is 354 g/mol. The van der Waals surface area contributed by atoms with Gasteiger partial charge in [0, 0.05) is 16.3 Å². The van der Waals surface area contributed by atoms with Crippen LogP contribution in [0.4, 0.5) is 5.69 Å². The molecule has 0 aliphatic carbocycles. The van der Waals surface area contributed by atoms with Gasteiger partial charge >= 0.3 is 0 Å². The molecule has 1 N–H and O–H groups in total. The predicted octanol–water partition coefficient (Wildman–Crippen LogP) is 4.16. The van der Waals surface area contributed by atoms with Gasteiger partial charge in [-0.2, -0.15) is 5.10 Å². The number of nitrogens with one attached hydrogen (secondary N) is 1. The van der Waals surface area contributed by atoms with E-state index in [0.29, 0.717) is 17.9 Å². The summed E-state index contributed by atoms with van der Waals surface area (Å²) in [5, 5.41) is 4.12. The summed E-state index contributed by atoms with van der Waals surface area (Å²) in [6.07, 6.45) is 1.40. The fourth-order valence-corrected chi connectivity index (χ4v) is 4.71. The lowest BCUT2D eigenvalue weighted by molar-refractivity contribution is 0.598. The number of nitrogens with zero attached hydrogens (tertiary/aromatic N) is 2. The lowest BCUT2D eigenvalue weighted by atomic mass is 10.3. The molecule has 25 heavy (non-hydrogen) atoms. The fraction of sp³-hybridized carbons (Fsp3) is 0.167. The van der Waals surface area contributed by atoms with Crippen LogP contribution in [0.25, 0.3) is 0 Å². The number of anilines is 1. The largest absolute Gasteiger partial charge is 0.278 e. The molecule has 3 aromatic rings. The van der Waals surface area contributed by atoms with Crippen LogP contribution in [0, 0.1) is 6.92 Å². The molecule has 1 heterocycles. The zero-order valence-corrected chi connectivity index (χ0v) is 15.6. The van der Waals surface area contributed by atoms with Gasteiger partial charge in [0.2, 0.25) is 0 Å². The van der Waals surface area contributed by atoms with Crippen LogP contribution in [0.1, 0.15) is 12.6 Å². The number of sulfonamides is 1. The molecule has 3 rings (SSSR count). The Morgan fingerprint density at radius 1 is 1.08 bits per heavy atom. The minimum atomic E-state index is -3.69. The molecule has 0 fully saturated rings. The summed E-state index contributed by atoms with van der Waals surface area (Å²) >= 11 is 1.52. The number of aryl methyl sites for hydroxylation is 1. The zero-order chi connectivity index (χ0) is 17.9. The van der Waals surface area contributed by atoms with E-state index in [1.165, 1.54) is 18.0 Å². The molecule has 1 aromatic heterocycles. The zero-order valence-electron chi connectivity index (χ0n) is 14.0. The van der Waals surface area contributed by atoms with Gasteiger partial charge in [0.15, 0.2) is 0 Å². The highest BCUT2D eigenvalue weighted by Gasteiger charge is 2.21. The van der Waals surface area contributed by atoms with Crippen molar-refractivity contribution in [2.75, 3.05) is 4.72 Å². The molecule has 2 aromatic carbocycles. The average molecular weight is 374 g/mol. The minimum absolute atomic E-state index is 0.203. The Kier molecular flexibility index (Phi) is 5.15. The number of hydrogen-bond acceptors (Lipinski definition) is 4. The molecule has 5 nitrogen and oxygen atoms in total. The third kappa shape index (κ3) is 3.88. The molecule has 0 unspecified atom stereocenters. The normalized spacial score (nSPS) is 11.4. The lowest BCUT2D eigenvalue weighted by Gasteiger charge is -2.12. The number of benzene rings is 2. The number of hydrogen-bond donors (Lipinski definition) is 1. The monoisotopic (exact) mass is 373 g/mol. The summed E-state index contributed by atoms with van der Waals surface area (Å²) in [7, 11) is -3.69. The van der Waals surface area contributed by atoms with Gasteiger partial charge in [-0.25, -0.2) is 8.42 Å². The number of rotatable bonds is 6. The molecule has 0 aliphatic heterocycles. The van der Waals surface area contributed by atoms with Crippen LogP contribution in [-0.2, 0) is 16.6 Å². The summed E-state index contributed by atoms with van der Waals surface area (Å²) in [5.74, 6) is 0. The molecular formula is C18H19N3O2S2. The van der Waals surface area contributed by atoms with E-state index in [9.17, 15) is 8.42 Å². The van der Waals surface area contributed by atoms with Crippen LogP contribution in [0.15, 0.2) is 75.5 Å². The van der Waals surface area contributed by atoms with E-state index in [1.807, 2.05) is 55.5 Å². The lowest BCUT2D eigenvalue weighted by Crippen LogP contribution is -2.14. The second-order valence-corrected chi connectivity index (χ2v) is 8.19. The third-order valence-electron chi connectivity index (χ3n) is 3.75. The molecule has 130 valence electrons. The van der Waals surface area contributed by atoms with Crippen molar-refractivity contribution in [3.05, 3.63) is 66.5 Å². The smallest absolute Gasteiger partial charge is 0.265 e. The van der Waals surface area contributed by atoms with Gasteiger partial charge in [-0.15, -0.1) is 0 Å². The summed E-state index contributed by atoms with van der Waals surface area (Å²) in [6.45, 7) is 4.31. The van der Waals surface area contributed by atoms with Gasteiger partial charge in [0.1, 0.15) is 4.90 Å². The maximum Gasteiger partial charge on any atom is 0.265 e. The van der Waals surface area contributed by atoms with Crippen molar-refractivity contribution in [2.45, 2.75) is 35.1 Å². The third-order valence-corrected chi connectivity index (χ3v) is 6.30. The first kappa shape index (κ1) is 17.6. The van der Waals surface area contributed by atoms with Crippen LogP contribution >= 0.6 is 11.8 Å². The molecule has 0 saturated carbocycles. The molecule has 0 atom stereocenters. The Morgan fingerprint density at radius 3 is 2.44 bits per heavy atom. The van der Waals surface area contributed by atoms with Gasteiger partial charge in [-0.05, 0) is 38.1 Å². The van der Waals surface area contributed by atoms with E-state index in [4.69, 9.17) is 0 Å². The molecule has 0 spiro atoms. The highest BCUT2D eigenvalue weighted by Crippen LogP contribution is 2.34. The van der Waals surface area contributed by atoms with Crippen LogP contribution in [0.2, 0.25) is 0 Å². The topological polar surface area (TPSA) is 64.0 Å². The van der Waals surface area contributed by atoms with E-state index >= 15 is 0 Å². The first-order valence-corrected chi connectivity index (χ1v) is 10.2. The number of aromatic nitrogens is 2. The summed E-state index contributed by atoms with van der Waals surface area (Å²) in [6, 6.07) is 17.2. The van der Waals surface area contributed by atoms with Crippen molar-refractivity contribution in [3.63, 3.8) is 0 Å². The van der Waals surface area contributed by atoms with E-state index < -0.39 is 10.0 Å². The van der Waals surface area contributed by atoms with Gasteiger partial charge in [0.25, 0.3) is 10.0 Å². The fourth-order valence-electron chi connectivity index (χ4n) is 2.47. The standard InChI is InChI=1S/C18H19N3O2S2/c1-3-21-14(2)18(13-19-21)25(22,23)20-16-11-7-8-12-17(16)24-15-9-5-4-6-10-15/h4-13,20H,3H2,1-2H3. The predicted molar refractivity (Wildman–Crippen MR) is 100 cm³/mol. The van der Waals surface area contributed by atoms with Gasteiger partial charge in [-0.3, -0.25) is 9.40 Å². The molecule has 0 bridgehead atoms. The Hall–Kier alpha value is -2.25. The summed E-state index contributed by atoms with van der Waals surface area (Å²) in [4.78, 5) is 2.09. The van der Waals surface area contributed by atoms with Crippen LogP contribution < -0.4 is 4.72 Å². The van der Waals surface area contributed by atoms with Crippen molar-refractivity contribution < 1.29 is 8.42 Å². The minimum Gasteiger partial charge on any atom is -0.278 e. The van der Waals surface area contributed by atoms with Gasteiger partial charge in [0.05, 0.1) is 17.6 Å². The van der Waals surface area contributed by atoms with Crippen molar-refractivity contribution in [2.24, 2.45) is 0 Å². The quantitative estimate of drug-likeness (QED) is 0.704. The SMILES string of the molecule is CCn1ncc(S(=O)(=O)Nc2ccccc2Sc2ccccc2)c1C. The number of para-hydroxylation sites is 1. The van der Waals surface area contributed by atoms with Crippen molar-refractivity contribution >= 4 is 27.5 Å².